The van der Waals surface area contributed by atoms with Crippen molar-refractivity contribution in [3.8, 4) is 11.5 Å². The summed E-state index contributed by atoms with van der Waals surface area (Å²) in [6.07, 6.45) is 0. The normalized spacial score (nSPS) is 10.2. The smallest absolute Gasteiger partial charge is 0.256 e. The molecule has 0 saturated carbocycles. The predicted molar refractivity (Wildman–Crippen MR) is 74.1 cm³/mol. The van der Waals surface area contributed by atoms with Crippen LogP contribution in [0.15, 0.2) is 12.1 Å². The summed E-state index contributed by atoms with van der Waals surface area (Å²) in [4.78, 5) is 11.3. The molecule has 0 spiro atoms. The maximum Gasteiger partial charge on any atom is 0.256 e. The van der Waals surface area contributed by atoms with Crippen molar-refractivity contribution in [1.29, 1.82) is 0 Å². The topological polar surface area (TPSA) is 35.5 Å². The molecule has 0 saturated heterocycles. The first-order valence-electron chi connectivity index (χ1n) is 5.01. The molecule has 7 heteroatoms. The molecule has 0 amide bonds. The van der Waals surface area contributed by atoms with Crippen LogP contribution >= 0.6 is 46.4 Å². The maximum atomic E-state index is 11.3. The zero-order chi connectivity index (χ0) is 13.5. The Labute approximate surface area is 125 Å². The van der Waals surface area contributed by atoms with E-state index in [1.54, 1.807) is 0 Å². The lowest BCUT2D eigenvalue weighted by atomic mass is 10.2. The molecule has 0 atom stereocenters. The highest BCUT2D eigenvalue weighted by Gasteiger charge is 2.18. The number of halogens is 4. The second-order valence-electron chi connectivity index (χ2n) is 3.13. The maximum absolute atomic E-state index is 11.3. The van der Waals surface area contributed by atoms with Gasteiger partial charge in [-0.2, -0.15) is 0 Å². The van der Waals surface area contributed by atoms with Crippen molar-refractivity contribution >= 4 is 51.6 Å². The van der Waals surface area contributed by atoms with Crippen molar-refractivity contribution in [1.82, 2.24) is 0 Å². The molecule has 0 aliphatic heterocycles. The van der Waals surface area contributed by atoms with Gasteiger partial charge < -0.3 is 9.47 Å². The number of alkyl halides is 2. The van der Waals surface area contributed by atoms with E-state index in [0.717, 1.165) is 0 Å². The van der Waals surface area contributed by atoms with Crippen LogP contribution < -0.4 is 9.47 Å². The first-order valence-corrected chi connectivity index (χ1v) is 6.83. The molecule has 3 nitrogen and oxygen atoms in total. The van der Waals surface area contributed by atoms with Gasteiger partial charge in [-0.25, -0.2) is 0 Å². The van der Waals surface area contributed by atoms with Crippen LogP contribution in [-0.4, -0.2) is 30.2 Å². The lowest BCUT2D eigenvalue weighted by molar-refractivity contribution is 0.107. The van der Waals surface area contributed by atoms with Gasteiger partial charge in [-0.3, -0.25) is 4.79 Å². The summed E-state index contributed by atoms with van der Waals surface area (Å²) < 4.78 is 10.7. The van der Waals surface area contributed by atoms with Crippen LogP contribution in [0.2, 0.25) is 5.02 Å². The van der Waals surface area contributed by atoms with Crippen LogP contribution in [0.25, 0.3) is 0 Å². The number of ether oxygens (including phenoxy) is 2. The Morgan fingerprint density at radius 1 is 1.11 bits per heavy atom. The van der Waals surface area contributed by atoms with Gasteiger partial charge in [0.25, 0.3) is 5.24 Å². The van der Waals surface area contributed by atoms with Crippen LogP contribution in [0.4, 0.5) is 0 Å². The molecule has 0 fully saturated rings. The Hall–Kier alpha value is -0.350. The fourth-order valence-electron chi connectivity index (χ4n) is 1.26. The Morgan fingerprint density at radius 2 is 1.72 bits per heavy atom. The van der Waals surface area contributed by atoms with Gasteiger partial charge in [0.2, 0.25) is 0 Å². The average molecular weight is 332 g/mol. The van der Waals surface area contributed by atoms with E-state index in [4.69, 9.17) is 55.9 Å². The van der Waals surface area contributed by atoms with Crippen molar-refractivity contribution in [3.05, 3.63) is 22.7 Å². The fourth-order valence-corrected chi connectivity index (χ4v) is 1.76. The van der Waals surface area contributed by atoms with Gasteiger partial charge in [-0.05, 0) is 17.7 Å². The highest BCUT2D eigenvalue weighted by molar-refractivity contribution is 6.68. The second-order valence-corrected chi connectivity index (χ2v) is 4.66. The molecule has 1 aromatic rings. The minimum absolute atomic E-state index is 0.138. The Balaban J connectivity index is 3.14. The number of hydrogen-bond donors (Lipinski definition) is 0. The Kier molecular flexibility index (Phi) is 6.94. The van der Waals surface area contributed by atoms with Crippen molar-refractivity contribution in [2.45, 2.75) is 0 Å². The predicted octanol–water partition coefficient (Wildman–Crippen LogP) is 3.95. The van der Waals surface area contributed by atoms with Crippen LogP contribution in [-0.2, 0) is 0 Å². The van der Waals surface area contributed by atoms with Crippen molar-refractivity contribution < 1.29 is 14.3 Å². The summed E-state index contributed by atoms with van der Waals surface area (Å²) in [7, 11) is 0. The monoisotopic (exact) mass is 330 g/mol. The molecule has 18 heavy (non-hydrogen) atoms. The summed E-state index contributed by atoms with van der Waals surface area (Å²) >= 11 is 22.4. The van der Waals surface area contributed by atoms with E-state index in [-0.39, 0.29) is 30.4 Å². The molecule has 0 unspecified atom stereocenters. The molecule has 0 N–H and O–H groups in total. The van der Waals surface area contributed by atoms with Crippen LogP contribution in [0.1, 0.15) is 10.4 Å². The molecule has 0 bridgehead atoms. The molecule has 1 rings (SSSR count). The zero-order valence-corrected chi connectivity index (χ0v) is 12.2. The number of hydrogen-bond acceptors (Lipinski definition) is 3. The van der Waals surface area contributed by atoms with E-state index in [9.17, 15) is 4.79 Å². The standard InChI is InChI=1S/C11H10Cl4O3/c12-1-3-17-9-6-7(14)5-8(11(15)16)10(9)18-4-2-13/h5-6H,1-4H2. The van der Waals surface area contributed by atoms with Gasteiger partial charge in [0.1, 0.15) is 13.2 Å². The molecule has 100 valence electrons. The first kappa shape index (κ1) is 15.7. The fraction of sp³-hybridized carbons (Fsp3) is 0.364. The molecule has 0 radical (unpaired) electrons. The first-order chi connectivity index (χ1) is 8.60. The van der Waals surface area contributed by atoms with Crippen LogP contribution in [0, 0.1) is 0 Å². The van der Waals surface area contributed by atoms with Crippen LogP contribution in [0.5, 0.6) is 11.5 Å². The third-order valence-electron chi connectivity index (χ3n) is 1.89. The van der Waals surface area contributed by atoms with E-state index < -0.39 is 5.24 Å². The van der Waals surface area contributed by atoms with E-state index in [2.05, 4.69) is 0 Å². The highest BCUT2D eigenvalue weighted by Crippen LogP contribution is 2.36. The van der Waals surface area contributed by atoms with E-state index in [1.807, 2.05) is 0 Å². The summed E-state index contributed by atoms with van der Waals surface area (Å²) in [5.74, 6) is 1.11. The second kappa shape index (κ2) is 7.95. The number of carbonyl (C=O) groups excluding carboxylic acids is 1. The highest BCUT2D eigenvalue weighted by atomic mass is 35.5. The molecular formula is C11H10Cl4O3. The summed E-state index contributed by atoms with van der Waals surface area (Å²) in [6, 6.07) is 2.94. The average Bonchev–Trinajstić information content (AvgIpc) is 2.34. The van der Waals surface area contributed by atoms with Crippen molar-refractivity contribution in [3.63, 3.8) is 0 Å². The molecule has 0 aliphatic carbocycles. The van der Waals surface area contributed by atoms with Gasteiger partial charge in [0.05, 0.1) is 17.3 Å². The summed E-state index contributed by atoms with van der Waals surface area (Å²) in [6.45, 7) is 0.479. The molecule has 0 aliphatic rings. The minimum Gasteiger partial charge on any atom is -0.488 e. The lowest BCUT2D eigenvalue weighted by Gasteiger charge is -2.14. The third kappa shape index (κ3) is 4.39. The summed E-state index contributed by atoms with van der Waals surface area (Å²) in [5, 5.41) is -0.361. The number of benzene rings is 1. The van der Waals surface area contributed by atoms with Crippen molar-refractivity contribution in [2.75, 3.05) is 25.0 Å². The largest absolute Gasteiger partial charge is 0.488 e. The summed E-state index contributed by atoms with van der Waals surface area (Å²) in [5.41, 5.74) is 0.138. The van der Waals surface area contributed by atoms with E-state index in [1.165, 1.54) is 12.1 Å². The SMILES string of the molecule is O=C(Cl)c1cc(Cl)cc(OCCCl)c1OCCCl. The van der Waals surface area contributed by atoms with Gasteiger partial charge in [-0.15, -0.1) is 23.2 Å². The van der Waals surface area contributed by atoms with E-state index >= 15 is 0 Å². The molecule has 0 heterocycles. The Bertz CT molecular complexity index is 423. The van der Waals surface area contributed by atoms with E-state index in [0.29, 0.717) is 16.7 Å². The zero-order valence-electron chi connectivity index (χ0n) is 9.22. The molecule has 1 aromatic carbocycles. The number of rotatable bonds is 7. The van der Waals surface area contributed by atoms with Gasteiger partial charge in [0.15, 0.2) is 11.5 Å². The van der Waals surface area contributed by atoms with Crippen LogP contribution in [0.3, 0.4) is 0 Å². The van der Waals surface area contributed by atoms with Crippen molar-refractivity contribution in [2.24, 2.45) is 0 Å². The van der Waals surface area contributed by atoms with Gasteiger partial charge in [0, 0.05) is 11.1 Å². The third-order valence-corrected chi connectivity index (χ3v) is 2.62. The molecular weight excluding hydrogens is 322 g/mol. The Morgan fingerprint density at radius 3 is 2.28 bits per heavy atom. The van der Waals surface area contributed by atoms with Gasteiger partial charge >= 0.3 is 0 Å². The quantitative estimate of drug-likeness (QED) is 0.560. The molecule has 0 aromatic heterocycles. The lowest BCUT2D eigenvalue weighted by Crippen LogP contribution is -2.07. The number of carbonyl (C=O) groups is 1. The minimum atomic E-state index is -0.683. The van der Waals surface area contributed by atoms with Gasteiger partial charge in [-0.1, -0.05) is 11.6 Å².